The molecule has 2 aliphatic heterocycles. The summed E-state index contributed by atoms with van der Waals surface area (Å²) in [5, 5.41) is 8.86. The van der Waals surface area contributed by atoms with Gasteiger partial charge in [0.2, 0.25) is 5.91 Å². The predicted molar refractivity (Wildman–Crippen MR) is 74.0 cm³/mol. The van der Waals surface area contributed by atoms with Crippen molar-refractivity contribution in [1.82, 2.24) is 9.80 Å². The fraction of sp³-hybridized carbons (Fsp3) is 0.400. The maximum atomic E-state index is 12.4. The van der Waals surface area contributed by atoms with Crippen LogP contribution in [0.15, 0.2) is 24.3 Å². The molecular formula is C15H16N2O4. The highest BCUT2D eigenvalue weighted by Gasteiger charge is 2.36. The third-order valence-electron chi connectivity index (χ3n) is 4.16. The molecule has 2 fully saturated rings. The molecule has 1 aromatic rings. The van der Waals surface area contributed by atoms with E-state index in [9.17, 15) is 14.4 Å². The van der Waals surface area contributed by atoms with E-state index in [1.54, 1.807) is 4.90 Å². The number of fused-ring (bicyclic) bond motifs is 1. The smallest absolute Gasteiger partial charge is 0.335 e. The average Bonchev–Trinajstić information content (AvgIpc) is 2.87. The van der Waals surface area contributed by atoms with Crippen molar-refractivity contribution in [2.75, 3.05) is 19.6 Å². The van der Waals surface area contributed by atoms with Crippen molar-refractivity contribution < 1.29 is 19.5 Å². The van der Waals surface area contributed by atoms with E-state index < -0.39 is 5.97 Å². The van der Waals surface area contributed by atoms with E-state index in [4.69, 9.17) is 5.11 Å². The lowest BCUT2D eigenvalue weighted by Gasteiger charge is -2.37. The highest BCUT2D eigenvalue weighted by atomic mass is 16.4. The van der Waals surface area contributed by atoms with Crippen LogP contribution in [-0.2, 0) is 4.79 Å². The van der Waals surface area contributed by atoms with E-state index in [0.717, 1.165) is 6.42 Å². The van der Waals surface area contributed by atoms with Gasteiger partial charge in [-0.25, -0.2) is 4.79 Å². The van der Waals surface area contributed by atoms with Gasteiger partial charge in [0.25, 0.3) is 5.91 Å². The number of carbonyl (C=O) groups excluding carboxylic acids is 2. The number of benzene rings is 1. The molecule has 6 heteroatoms. The molecule has 110 valence electrons. The van der Waals surface area contributed by atoms with E-state index in [1.807, 2.05) is 4.90 Å². The molecule has 1 unspecified atom stereocenters. The molecule has 0 spiro atoms. The Labute approximate surface area is 122 Å². The first-order chi connectivity index (χ1) is 10.1. The second kappa shape index (κ2) is 5.20. The number of carboxylic acids is 1. The molecule has 2 heterocycles. The molecule has 21 heavy (non-hydrogen) atoms. The minimum atomic E-state index is -1.01. The van der Waals surface area contributed by atoms with E-state index >= 15 is 0 Å². The van der Waals surface area contributed by atoms with Crippen molar-refractivity contribution in [3.63, 3.8) is 0 Å². The standard InChI is InChI=1S/C15H16N2O4/c18-13-6-5-12-9-16(7-8-17(12)13)14(19)10-1-3-11(4-2-10)15(20)21/h1-4,12H,5-9H2,(H,20,21). The van der Waals surface area contributed by atoms with Crippen LogP contribution in [0.1, 0.15) is 33.6 Å². The van der Waals surface area contributed by atoms with Crippen LogP contribution in [0.5, 0.6) is 0 Å². The molecule has 0 aliphatic carbocycles. The van der Waals surface area contributed by atoms with Crippen molar-refractivity contribution in [3.05, 3.63) is 35.4 Å². The van der Waals surface area contributed by atoms with E-state index in [2.05, 4.69) is 0 Å². The fourth-order valence-corrected chi connectivity index (χ4v) is 2.99. The lowest BCUT2D eigenvalue weighted by atomic mass is 10.1. The topological polar surface area (TPSA) is 77.9 Å². The monoisotopic (exact) mass is 288 g/mol. The Morgan fingerprint density at radius 1 is 1.10 bits per heavy atom. The Balaban J connectivity index is 1.71. The highest BCUT2D eigenvalue weighted by molar-refractivity contribution is 5.96. The van der Waals surface area contributed by atoms with E-state index in [-0.39, 0.29) is 23.4 Å². The number of hydrogen-bond donors (Lipinski definition) is 1. The number of amides is 2. The maximum Gasteiger partial charge on any atom is 0.335 e. The summed E-state index contributed by atoms with van der Waals surface area (Å²) in [6.45, 7) is 1.68. The maximum absolute atomic E-state index is 12.4. The van der Waals surface area contributed by atoms with Crippen LogP contribution in [0.25, 0.3) is 0 Å². The minimum Gasteiger partial charge on any atom is -0.478 e. The molecule has 0 bridgehead atoms. The number of hydrogen-bond acceptors (Lipinski definition) is 3. The third-order valence-corrected chi connectivity index (χ3v) is 4.16. The van der Waals surface area contributed by atoms with Crippen LogP contribution in [0, 0.1) is 0 Å². The molecule has 6 nitrogen and oxygen atoms in total. The number of nitrogens with zero attached hydrogens (tertiary/aromatic N) is 2. The van der Waals surface area contributed by atoms with Gasteiger partial charge in [-0.1, -0.05) is 0 Å². The second-order valence-corrected chi connectivity index (χ2v) is 5.41. The van der Waals surface area contributed by atoms with Crippen LogP contribution < -0.4 is 0 Å². The first-order valence-corrected chi connectivity index (χ1v) is 6.98. The highest BCUT2D eigenvalue weighted by Crippen LogP contribution is 2.23. The van der Waals surface area contributed by atoms with Crippen LogP contribution in [0.3, 0.4) is 0 Å². The van der Waals surface area contributed by atoms with E-state index in [0.29, 0.717) is 31.6 Å². The lowest BCUT2D eigenvalue weighted by Crippen LogP contribution is -2.53. The number of piperazine rings is 1. The summed E-state index contributed by atoms with van der Waals surface area (Å²) >= 11 is 0. The molecule has 1 atom stereocenters. The normalized spacial score (nSPS) is 21.3. The van der Waals surface area contributed by atoms with Gasteiger partial charge in [-0.2, -0.15) is 0 Å². The zero-order chi connectivity index (χ0) is 15.0. The van der Waals surface area contributed by atoms with Crippen molar-refractivity contribution in [2.24, 2.45) is 0 Å². The Morgan fingerprint density at radius 3 is 2.43 bits per heavy atom. The summed E-state index contributed by atoms with van der Waals surface area (Å²) in [6, 6.07) is 6.08. The molecule has 0 saturated carbocycles. The molecular weight excluding hydrogens is 272 g/mol. The Bertz CT molecular complexity index is 596. The summed E-state index contributed by atoms with van der Waals surface area (Å²) in [5.74, 6) is -0.934. The molecule has 2 aliphatic rings. The summed E-state index contributed by atoms with van der Waals surface area (Å²) in [5.41, 5.74) is 0.649. The van der Waals surface area contributed by atoms with Gasteiger partial charge in [-0.3, -0.25) is 9.59 Å². The zero-order valence-corrected chi connectivity index (χ0v) is 11.5. The van der Waals surface area contributed by atoms with Gasteiger partial charge in [0.15, 0.2) is 0 Å². The van der Waals surface area contributed by atoms with Crippen molar-refractivity contribution in [3.8, 4) is 0 Å². The molecule has 2 amide bonds. The number of rotatable bonds is 2. The number of carbonyl (C=O) groups is 3. The third kappa shape index (κ3) is 2.49. The Kier molecular flexibility index (Phi) is 3.37. The van der Waals surface area contributed by atoms with Crippen LogP contribution in [-0.4, -0.2) is 58.4 Å². The Hall–Kier alpha value is -2.37. The molecule has 2 saturated heterocycles. The molecule has 3 rings (SSSR count). The van der Waals surface area contributed by atoms with Crippen molar-refractivity contribution in [1.29, 1.82) is 0 Å². The van der Waals surface area contributed by atoms with Gasteiger partial charge in [0.1, 0.15) is 0 Å². The first kappa shape index (κ1) is 13.6. The first-order valence-electron chi connectivity index (χ1n) is 6.98. The Morgan fingerprint density at radius 2 is 1.76 bits per heavy atom. The number of aromatic carboxylic acids is 1. The van der Waals surface area contributed by atoms with Gasteiger partial charge < -0.3 is 14.9 Å². The van der Waals surface area contributed by atoms with Gasteiger partial charge in [0, 0.05) is 37.7 Å². The molecule has 1 aromatic carbocycles. The summed E-state index contributed by atoms with van der Waals surface area (Å²) in [6.07, 6.45) is 1.38. The summed E-state index contributed by atoms with van der Waals surface area (Å²) < 4.78 is 0. The van der Waals surface area contributed by atoms with Gasteiger partial charge in [-0.05, 0) is 30.7 Å². The molecule has 0 aromatic heterocycles. The zero-order valence-electron chi connectivity index (χ0n) is 11.5. The SMILES string of the molecule is O=C(O)c1ccc(C(=O)N2CCN3C(=O)CCC3C2)cc1. The fourth-order valence-electron chi connectivity index (χ4n) is 2.99. The lowest BCUT2D eigenvalue weighted by molar-refractivity contribution is -0.130. The van der Waals surface area contributed by atoms with Gasteiger partial charge >= 0.3 is 5.97 Å². The number of carboxylic acid groups (broad SMARTS) is 1. The quantitative estimate of drug-likeness (QED) is 0.874. The summed E-state index contributed by atoms with van der Waals surface area (Å²) in [4.78, 5) is 38.5. The second-order valence-electron chi connectivity index (χ2n) is 5.41. The van der Waals surface area contributed by atoms with Crippen LogP contribution in [0.4, 0.5) is 0 Å². The van der Waals surface area contributed by atoms with Crippen molar-refractivity contribution >= 4 is 17.8 Å². The van der Waals surface area contributed by atoms with Crippen molar-refractivity contribution in [2.45, 2.75) is 18.9 Å². The predicted octanol–water partition coefficient (Wildman–Crippen LogP) is 0.832. The molecule has 1 N–H and O–H groups in total. The van der Waals surface area contributed by atoms with Crippen LogP contribution in [0.2, 0.25) is 0 Å². The largest absolute Gasteiger partial charge is 0.478 e. The molecule has 0 radical (unpaired) electrons. The van der Waals surface area contributed by atoms with Crippen LogP contribution >= 0.6 is 0 Å². The van der Waals surface area contributed by atoms with Gasteiger partial charge in [-0.15, -0.1) is 0 Å². The van der Waals surface area contributed by atoms with Gasteiger partial charge in [0.05, 0.1) is 5.56 Å². The van der Waals surface area contributed by atoms with E-state index in [1.165, 1.54) is 24.3 Å². The average molecular weight is 288 g/mol. The minimum absolute atomic E-state index is 0.106. The summed E-state index contributed by atoms with van der Waals surface area (Å²) in [7, 11) is 0.